The molecule has 1 saturated heterocycles. The van der Waals surface area contributed by atoms with E-state index in [1.165, 1.54) is 4.57 Å². The van der Waals surface area contributed by atoms with E-state index >= 15 is 0 Å². The Morgan fingerprint density at radius 2 is 1.74 bits per heavy atom. The summed E-state index contributed by atoms with van der Waals surface area (Å²) in [4.78, 5) is 48.2. The van der Waals surface area contributed by atoms with Crippen LogP contribution in [0.5, 0.6) is 0 Å². The van der Waals surface area contributed by atoms with Gasteiger partial charge in [-0.05, 0) is 0 Å². The number of hydrogen-bond donors (Lipinski definition) is 6. The second-order valence-corrected chi connectivity index (χ2v) is 7.84. The van der Waals surface area contributed by atoms with Gasteiger partial charge >= 0.3 is 15.6 Å². The molecular formula is C10H15N5O10P2. The molecule has 2 aromatic heterocycles. The molecule has 0 bridgehead atoms. The lowest BCUT2D eigenvalue weighted by atomic mass is 10.1. The molecule has 2 aromatic rings. The summed E-state index contributed by atoms with van der Waals surface area (Å²) in [5.74, 6) is 0.0194. The van der Waals surface area contributed by atoms with Gasteiger partial charge in [0.05, 0.1) is 12.9 Å². The summed E-state index contributed by atoms with van der Waals surface area (Å²) in [7, 11) is -10.3. The summed E-state index contributed by atoms with van der Waals surface area (Å²) in [5.41, 5.74) is 5.92. The zero-order valence-corrected chi connectivity index (χ0v) is 15.0. The van der Waals surface area contributed by atoms with E-state index in [-0.39, 0.29) is 17.0 Å². The third kappa shape index (κ3) is 4.33. The smallest absolute Gasteiger partial charge is 0.394 e. The number of hydrogen-bond acceptors (Lipinski definition) is 10. The first-order valence-corrected chi connectivity index (χ1v) is 10.2. The lowest BCUT2D eigenvalue weighted by molar-refractivity contribution is -0.0503. The third-order valence-electron chi connectivity index (χ3n) is 3.64. The molecule has 3 heterocycles. The van der Waals surface area contributed by atoms with Gasteiger partial charge in [-0.25, -0.2) is 24.1 Å². The molecule has 3 rings (SSSR count). The molecule has 0 aliphatic carbocycles. The topological polar surface area (TPSA) is 233 Å². The van der Waals surface area contributed by atoms with Gasteiger partial charge in [0.25, 0.3) is 0 Å². The Labute approximate surface area is 150 Å². The van der Waals surface area contributed by atoms with Crippen LogP contribution >= 0.6 is 15.6 Å². The maximum Gasteiger partial charge on any atom is 0.470 e. The minimum absolute atomic E-state index is 0.0194. The lowest BCUT2D eigenvalue weighted by Gasteiger charge is -2.24. The van der Waals surface area contributed by atoms with Crippen molar-refractivity contribution in [2.24, 2.45) is 0 Å². The molecule has 0 aromatic carbocycles. The minimum atomic E-state index is -5.15. The first-order chi connectivity index (χ1) is 12.5. The maximum absolute atomic E-state index is 11.4. The number of imidazole rings is 1. The second-order valence-electron chi connectivity index (χ2n) is 5.45. The normalized spacial score (nSPS) is 26.7. The molecule has 1 fully saturated rings. The van der Waals surface area contributed by atoms with Gasteiger partial charge in [-0.2, -0.15) is 0 Å². The van der Waals surface area contributed by atoms with Gasteiger partial charge in [-0.1, -0.05) is 0 Å². The highest BCUT2D eigenvalue weighted by atomic mass is 31.2. The van der Waals surface area contributed by atoms with Gasteiger partial charge in [0, 0.05) is 0 Å². The number of phosphoric acid groups is 2. The Balaban J connectivity index is 2.07. The number of aliphatic hydroxyl groups excluding tert-OH is 1. The Kier molecular flexibility index (Phi) is 5.35. The van der Waals surface area contributed by atoms with Crippen LogP contribution < -0.4 is 5.73 Å². The van der Waals surface area contributed by atoms with Gasteiger partial charge in [0.15, 0.2) is 17.7 Å². The van der Waals surface area contributed by atoms with Crippen LogP contribution in [0.25, 0.3) is 11.2 Å². The molecule has 27 heavy (non-hydrogen) atoms. The summed E-state index contributed by atoms with van der Waals surface area (Å²) >= 11 is 0. The Morgan fingerprint density at radius 1 is 1.11 bits per heavy atom. The highest BCUT2D eigenvalue weighted by molar-refractivity contribution is 7.46. The van der Waals surface area contributed by atoms with Gasteiger partial charge in [0.2, 0.25) is 0 Å². The van der Waals surface area contributed by atoms with Crippen molar-refractivity contribution in [3.8, 4) is 0 Å². The number of aromatic nitrogens is 4. The largest absolute Gasteiger partial charge is 0.470 e. The standard InChI is InChI=1S/C10H15N5O10P2/c11-8-5-9(13-2-12-8)15(3-14-5)10-7(25-27(20,21)22)6(4(1-16)23-10)24-26(17,18)19/h2-4,6-7,10,16H,1H2,(H2,11,12,13)(H2,17,18,19)(H2,20,21,22)/t4-,6-,7-,10-/m1/s1. The van der Waals surface area contributed by atoms with E-state index in [2.05, 4.69) is 24.0 Å². The molecule has 17 heteroatoms. The van der Waals surface area contributed by atoms with Crippen LogP contribution in [-0.4, -0.2) is 69.1 Å². The number of nitrogens with zero attached hydrogens (tertiary/aromatic N) is 4. The second kappa shape index (κ2) is 7.14. The molecule has 7 N–H and O–H groups in total. The third-order valence-corrected chi connectivity index (χ3v) is 4.68. The van der Waals surface area contributed by atoms with Crippen LogP contribution in [0, 0.1) is 0 Å². The maximum atomic E-state index is 11.4. The summed E-state index contributed by atoms with van der Waals surface area (Å²) in [5, 5.41) is 9.44. The Morgan fingerprint density at radius 3 is 2.33 bits per heavy atom. The number of rotatable bonds is 6. The van der Waals surface area contributed by atoms with Crippen molar-refractivity contribution in [2.75, 3.05) is 12.3 Å². The van der Waals surface area contributed by atoms with Crippen LogP contribution in [0.15, 0.2) is 12.7 Å². The van der Waals surface area contributed by atoms with Gasteiger partial charge in [-0.15, -0.1) is 0 Å². The Hall–Kier alpha value is -1.51. The quantitative estimate of drug-likeness (QED) is 0.281. The molecular weight excluding hydrogens is 412 g/mol. The van der Waals surface area contributed by atoms with E-state index in [0.717, 1.165) is 12.7 Å². The van der Waals surface area contributed by atoms with Gasteiger partial charge in [0.1, 0.15) is 30.2 Å². The fraction of sp³-hybridized carbons (Fsp3) is 0.500. The van der Waals surface area contributed by atoms with Gasteiger partial charge < -0.3 is 35.2 Å². The van der Waals surface area contributed by atoms with Gasteiger partial charge in [-0.3, -0.25) is 13.6 Å². The first-order valence-electron chi connectivity index (χ1n) is 7.17. The summed E-state index contributed by atoms with van der Waals surface area (Å²) in [6.45, 7) is -0.786. The zero-order valence-electron chi connectivity index (χ0n) is 13.2. The molecule has 0 unspecified atom stereocenters. The average molecular weight is 427 g/mol. The molecule has 4 atom stereocenters. The summed E-state index contributed by atoms with van der Waals surface area (Å²) < 4.78 is 38.4. The van der Waals surface area contributed by atoms with E-state index in [9.17, 15) is 24.0 Å². The number of nitrogens with two attached hydrogens (primary N) is 1. The number of fused-ring (bicyclic) bond motifs is 1. The number of anilines is 1. The lowest BCUT2D eigenvalue weighted by Crippen LogP contribution is -2.36. The summed E-state index contributed by atoms with van der Waals surface area (Å²) in [6, 6.07) is 0. The van der Waals surface area contributed by atoms with Crippen molar-refractivity contribution in [3.05, 3.63) is 12.7 Å². The van der Waals surface area contributed by atoms with Crippen LogP contribution in [0.4, 0.5) is 5.82 Å². The molecule has 0 saturated carbocycles. The van der Waals surface area contributed by atoms with Crippen LogP contribution in [0.1, 0.15) is 6.23 Å². The molecule has 15 nitrogen and oxygen atoms in total. The highest BCUT2D eigenvalue weighted by Gasteiger charge is 2.52. The monoisotopic (exact) mass is 427 g/mol. The molecule has 150 valence electrons. The number of aliphatic hydroxyl groups is 1. The van der Waals surface area contributed by atoms with Crippen molar-refractivity contribution in [3.63, 3.8) is 0 Å². The molecule has 0 radical (unpaired) electrons. The van der Waals surface area contributed by atoms with Crippen LogP contribution in [-0.2, 0) is 22.9 Å². The molecule has 0 spiro atoms. The fourth-order valence-electron chi connectivity index (χ4n) is 2.69. The van der Waals surface area contributed by atoms with Crippen LogP contribution in [0.3, 0.4) is 0 Å². The zero-order chi connectivity index (χ0) is 20.0. The number of nitrogen functional groups attached to an aromatic ring is 1. The fourth-order valence-corrected chi connectivity index (χ4v) is 3.81. The predicted molar refractivity (Wildman–Crippen MR) is 84.6 cm³/mol. The van der Waals surface area contributed by atoms with Crippen molar-refractivity contribution in [2.45, 2.75) is 24.5 Å². The average Bonchev–Trinajstić information content (AvgIpc) is 3.08. The highest BCUT2D eigenvalue weighted by Crippen LogP contribution is 2.49. The van der Waals surface area contributed by atoms with E-state index in [1.54, 1.807) is 0 Å². The first kappa shape index (κ1) is 20.2. The molecule has 0 amide bonds. The van der Waals surface area contributed by atoms with E-state index in [4.69, 9.17) is 20.3 Å². The van der Waals surface area contributed by atoms with E-state index in [0.29, 0.717) is 0 Å². The molecule has 1 aliphatic heterocycles. The predicted octanol–water partition coefficient (Wildman–Crippen LogP) is -1.75. The van der Waals surface area contributed by atoms with E-state index in [1.807, 2.05) is 0 Å². The minimum Gasteiger partial charge on any atom is -0.394 e. The van der Waals surface area contributed by atoms with Crippen molar-refractivity contribution in [1.82, 2.24) is 19.5 Å². The Bertz CT molecular complexity index is 926. The van der Waals surface area contributed by atoms with E-state index < -0.39 is 46.8 Å². The number of phosphoric ester groups is 2. The van der Waals surface area contributed by atoms with Crippen molar-refractivity contribution < 1.29 is 47.6 Å². The number of ether oxygens (including phenoxy) is 1. The van der Waals surface area contributed by atoms with Crippen LogP contribution in [0.2, 0.25) is 0 Å². The van der Waals surface area contributed by atoms with Crippen molar-refractivity contribution in [1.29, 1.82) is 0 Å². The summed E-state index contributed by atoms with van der Waals surface area (Å²) in [6.07, 6.45) is -3.97. The SMILES string of the molecule is Nc1ncnc2c1ncn2[C@@H]1O[C@H](CO)[C@@H](OP(=O)(O)O)[C@H]1OP(=O)(O)O. The van der Waals surface area contributed by atoms with Crippen molar-refractivity contribution >= 4 is 32.6 Å². The molecule has 1 aliphatic rings.